The summed E-state index contributed by atoms with van der Waals surface area (Å²) in [6, 6.07) is 0. The van der Waals surface area contributed by atoms with E-state index in [1.807, 2.05) is 0 Å². The minimum Gasteiger partial charge on any atom is -0.383 e. The second-order valence-electron chi connectivity index (χ2n) is 4.54. The third kappa shape index (κ3) is 3.11. The van der Waals surface area contributed by atoms with Crippen molar-refractivity contribution in [1.82, 2.24) is 4.90 Å². The van der Waals surface area contributed by atoms with E-state index in [-0.39, 0.29) is 0 Å². The van der Waals surface area contributed by atoms with Gasteiger partial charge in [-0.3, -0.25) is 0 Å². The normalized spacial score (nSPS) is 24.2. The number of nitrogens with zero attached hydrogens (tertiary/aromatic N) is 1. The Labute approximate surface area is 75.9 Å². The molecule has 0 aromatic carbocycles. The zero-order chi connectivity index (χ0) is 9.03. The number of rotatable bonds is 3. The number of ether oxygens (including phenoxy) is 1. The standard InChI is InChI=1S/C10H21NO/c1-10(2)5-4-6-11(9-10)7-8-12-3/h4-9H2,1-3H3. The van der Waals surface area contributed by atoms with Gasteiger partial charge in [-0.1, -0.05) is 13.8 Å². The molecule has 1 aliphatic rings. The molecule has 0 radical (unpaired) electrons. The summed E-state index contributed by atoms with van der Waals surface area (Å²) in [5.41, 5.74) is 0.520. The van der Waals surface area contributed by atoms with Crippen molar-refractivity contribution in [3.05, 3.63) is 0 Å². The van der Waals surface area contributed by atoms with Gasteiger partial charge < -0.3 is 9.64 Å². The Kier molecular flexibility index (Phi) is 3.53. The van der Waals surface area contributed by atoms with Crippen LogP contribution in [-0.2, 0) is 4.74 Å². The number of hydrogen-bond acceptors (Lipinski definition) is 2. The molecule has 0 atom stereocenters. The molecule has 1 aliphatic heterocycles. The third-order valence-corrected chi connectivity index (χ3v) is 2.59. The highest BCUT2D eigenvalue weighted by molar-refractivity contribution is 4.79. The van der Waals surface area contributed by atoms with Crippen LogP contribution in [0.4, 0.5) is 0 Å². The molecule has 1 heterocycles. The predicted octanol–water partition coefficient (Wildman–Crippen LogP) is 1.75. The lowest BCUT2D eigenvalue weighted by atomic mass is 9.84. The highest BCUT2D eigenvalue weighted by Crippen LogP contribution is 2.27. The number of piperidine rings is 1. The molecule has 1 fully saturated rings. The molecule has 1 saturated heterocycles. The van der Waals surface area contributed by atoms with Crippen LogP contribution < -0.4 is 0 Å². The topological polar surface area (TPSA) is 12.5 Å². The fourth-order valence-corrected chi connectivity index (χ4v) is 1.96. The van der Waals surface area contributed by atoms with Gasteiger partial charge in [0.2, 0.25) is 0 Å². The van der Waals surface area contributed by atoms with Crippen LogP contribution in [0.2, 0.25) is 0 Å². The van der Waals surface area contributed by atoms with E-state index in [4.69, 9.17) is 4.74 Å². The van der Waals surface area contributed by atoms with E-state index in [1.54, 1.807) is 7.11 Å². The van der Waals surface area contributed by atoms with E-state index in [0.29, 0.717) is 5.41 Å². The monoisotopic (exact) mass is 171 g/mol. The van der Waals surface area contributed by atoms with Crippen molar-refractivity contribution in [2.75, 3.05) is 33.4 Å². The third-order valence-electron chi connectivity index (χ3n) is 2.59. The Morgan fingerprint density at radius 2 is 2.17 bits per heavy atom. The lowest BCUT2D eigenvalue weighted by Crippen LogP contribution is -2.41. The first kappa shape index (κ1) is 10.0. The molecule has 0 aliphatic carbocycles. The molecule has 0 aromatic rings. The summed E-state index contributed by atoms with van der Waals surface area (Å²) in [5.74, 6) is 0. The first-order valence-corrected chi connectivity index (χ1v) is 4.85. The number of likely N-dealkylation sites (tertiary alicyclic amines) is 1. The largest absolute Gasteiger partial charge is 0.383 e. The molecule has 12 heavy (non-hydrogen) atoms. The molecule has 0 amide bonds. The first-order valence-electron chi connectivity index (χ1n) is 4.85. The lowest BCUT2D eigenvalue weighted by Gasteiger charge is -2.37. The summed E-state index contributed by atoms with van der Waals surface area (Å²) in [5, 5.41) is 0. The van der Waals surface area contributed by atoms with Gasteiger partial charge in [0.15, 0.2) is 0 Å². The molecule has 1 rings (SSSR count). The van der Waals surface area contributed by atoms with Gasteiger partial charge in [-0.15, -0.1) is 0 Å². The van der Waals surface area contributed by atoms with Crippen molar-refractivity contribution < 1.29 is 4.74 Å². The summed E-state index contributed by atoms with van der Waals surface area (Å²) in [7, 11) is 1.77. The van der Waals surface area contributed by atoms with Crippen LogP contribution in [0.3, 0.4) is 0 Å². The van der Waals surface area contributed by atoms with Crippen LogP contribution in [0.1, 0.15) is 26.7 Å². The van der Waals surface area contributed by atoms with E-state index in [9.17, 15) is 0 Å². The SMILES string of the molecule is COCCN1CCCC(C)(C)C1. The minimum absolute atomic E-state index is 0.520. The molecule has 0 spiro atoms. The molecule has 2 heteroatoms. The molecule has 0 N–H and O–H groups in total. The van der Waals surface area contributed by atoms with Gasteiger partial charge in [0, 0.05) is 20.2 Å². The quantitative estimate of drug-likeness (QED) is 0.641. The van der Waals surface area contributed by atoms with Crippen LogP contribution in [-0.4, -0.2) is 38.3 Å². The van der Waals surface area contributed by atoms with Crippen molar-refractivity contribution in [2.45, 2.75) is 26.7 Å². The molecular weight excluding hydrogens is 150 g/mol. The number of methoxy groups -OCH3 is 1. The second-order valence-corrected chi connectivity index (χ2v) is 4.54. The Morgan fingerprint density at radius 3 is 2.75 bits per heavy atom. The maximum Gasteiger partial charge on any atom is 0.0589 e. The molecular formula is C10H21NO. The van der Waals surface area contributed by atoms with Crippen LogP contribution in [0.25, 0.3) is 0 Å². The van der Waals surface area contributed by atoms with Gasteiger partial charge in [-0.05, 0) is 24.8 Å². The van der Waals surface area contributed by atoms with E-state index in [2.05, 4.69) is 18.7 Å². The Hall–Kier alpha value is -0.0800. The van der Waals surface area contributed by atoms with Gasteiger partial charge in [0.25, 0.3) is 0 Å². The summed E-state index contributed by atoms with van der Waals surface area (Å²) in [6.45, 7) is 9.16. The van der Waals surface area contributed by atoms with E-state index in [0.717, 1.165) is 13.2 Å². The van der Waals surface area contributed by atoms with Crippen LogP contribution in [0.5, 0.6) is 0 Å². The van der Waals surface area contributed by atoms with Gasteiger partial charge in [0.1, 0.15) is 0 Å². The van der Waals surface area contributed by atoms with Crippen molar-refractivity contribution in [1.29, 1.82) is 0 Å². The molecule has 2 nitrogen and oxygen atoms in total. The highest BCUT2D eigenvalue weighted by Gasteiger charge is 2.25. The molecule has 0 saturated carbocycles. The number of hydrogen-bond donors (Lipinski definition) is 0. The highest BCUT2D eigenvalue weighted by atomic mass is 16.5. The van der Waals surface area contributed by atoms with E-state index in [1.165, 1.54) is 25.9 Å². The van der Waals surface area contributed by atoms with Gasteiger partial charge in [-0.25, -0.2) is 0 Å². The van der Waals surface area contributed by atoms with Crippen molar-refractivity contribution >= 4 is 0 Å². The van der Waals surface area contributed by atoms with Gasteiger partial charge in [-0.2, -0.15) is 0 Å². The van der Waals surface area contributed by atoms with E-state index < -0.39 is 0 Å². The Bertz CT molecular complexity index is 134. The zero-order valence-electron chi connectivity index (χ0n) is 8.60. The van der Waals surface area contributed by atoms with Gasteiger partial charge in [0.05, 0.1) is 6.61 Å². The van der Waals surface area contributed by atoms with Gasteiger partial charge >= 0.3 is 0 Å². The minimum atomic E-state index is 0.520. The molecule has 72 valence electrons. The summed E-state index contributed by atoms with van der Waals surface area (Å²) in [6.07, 6.45) is 2.72. The van der Waals surface area contributed by atoms with E-state index >= 15 is 0 Å². The smallest absolute Gasteiger partial charge is 0.0589 e. The first-order chi connectivity index (χ1) is 5.64. The van der Waals surface area contributed by atoms with Crippen molar-refractivity contribution in [3.63, 3.8) is 0 Å². The van der Waals surface area contributed by atoms with Crippen LogP contribution >= 0.6 is 0 Å². The summed E-state index contributed by atoms with van der Waals surface area (Å²) >= 11 is 0. The predicted molar refractivity (Wildman–Crippen MR) is 51.3 cm³/mol. The Balaban J connectivity index is 2.26. The second kappa shape index (κ2) is 4.24. The average Bonchev–Trinajstić information content (AvgIpc) is 1.99. The van der Waals surface area contributed by atoms with Crippen molar-refractivity contribution in [2.24, 2.45) is 5.41 Å². The molecule has 0 unspecified atom stereocenters. The van der Waals surface area contributed by atoms with Crippen molar-refractivity contribution in [3.8, 4) is 0 Å². The maximum absolute atomic E-state index is 5.07. The fourth-order valence-electron chi connectivity index (χ4n) is 1.96. The average molecular weight is 171 g/mol. The summed E-state index contributed by atoms with van der Waals surface area (Å²) in [4.78, 5) is 2.51. The molecule has 0 aromatic heterocycles. The zero-order valence-corrected chi connectivity index (χ0v) is 8.60. The maximum atomic E-state index is 5.07. The summed E-state index contributed by atoms with van der Waals surface area (Å²) < 4.78 is 5.07. The fraction of sp³-hybridized carbons (Fsp3) is 1.00. The lowest BCUT2D eigenvalue weighted by molar-refractivity contribution is 0.0836. The Morgan fingerprint density at radius 1 is 1.42 bits per heavy atom. The van der Waals surface area contributed by atoms with Crippen LogP contribution in [0.15, 0.2) is 0 Å². The molecule has 0 bridgehead atoms. The van der Waals surface area contributed by atoms with Crippen LogP contribution in [0, 0.1) is 5.41 Å².